The van der Waals surface area contributed by atoms with Crippen LogP contribution in [0.2, 0.25) is 5.02 Å². The molecule has 2 atom stereocenters. The van der Waals surface area contributed by atoms with E-state index in [0.29, 0.717) is 34.9 Å². The van der Waals surface area contributed by atoms with E-state index in [1.54, 1.807) is 12.4 Å². The first-order chi connectivity index (χ1) is 18.0. The highest BCUT2D eigenvalue weighted by Crippen LogP contribution is 2.37. The standard InChI is InChI=1S/C30H41ClFN3O2/c31-27-19-33-29(35-25-9-6-21(7-10-25)15-22-3-1-2-4-28(22)36)17-26(27)24-16-23(30(32)34-18-24)8-5-20-11-13-37-14-12-20/h16-22,25,28,36H,1-15H2,(H,33,35)/t21?,22-,25?,28+/m1/s1. The second-order valence-electron chi connectivity index (χ2n) is 11.5. The van der Waals surface area contributed by atoms with Crippen LogP contribution in [-0.2, 0) is 11.2 Å². The van der Waals surface area contributed by atoms with Gasteiger partial charge in [0.25, 0.3) is 0 Å². The van der Waals surface area contributed by atoms with Crippen LogP contribution in [0, 0.1) is 23.7 Å². The topological polar surface area (TPSA) is 67.3 Å². The number of nitrogens with one attached hydrogen (secondary N) is 1. The van der Waals surface area contributed by atoms with E-state index in [9.17, 15) is 9.50 Å². The van der Waals surface area contributed by atoms with Gasteiger partial charge in [0.15, 0.2) is 0 Å². The van der Waals surface area contributed by atoms with Crippen molar-refractivity contribution in [3.63, 3.8) is 0 Å². The molecule has 2 aromatic heterocycles. The number of aromatic nitrogens is 2. The summed E-state index contributed by atoms with van der Waals surface area (Å²) in [6.07, 6.45) is 17.3. The summed E-state index contributed by atoms with van der Waals surface area (Å²) in [7, 11) is 0. The molecule has 0 spiro atoms. The van der Waals surface area contributed by atoms with Crippen molar-refractivity contribution in [2.24, 2.45) is 17.8 Å². The molecule has 0 unspecified atom stereocenters. The van der Waals surface area contributed by atoms with Crippen LogP contribution in [0.5, 0.6) is 0 Å². The van der Waals surface area contributed by atoms with Crippen LogP contribution in [0.1, 0.15) is 82.6 Å². The smallest absolute Gasteiger partial charge is 0.216 e. The number of nitrogens with zero attached hydrogens (tertiary/aromatic N) is 2. The molecule has 5 nitrogen and oxygen atoms in total. The first kappa shape index (κ1) is 26.8. The van der Waals surface area contributed by atoms with Gasteiger partial charge in [-0.25, -0.2) is 9.97 Å². The number of aliphatic hydroxyl groups excluding tert-OH is 1. The number of halogens is 2. The van der Waals surface area contributed by atoms with Gasteiger partial charge in [-0.1, -0.05) is 24.4 Å². The van der Waals surface area contributed by atoms with E-state index in [1.165, 1.54) is 38.5 Å². The minimum atomic E-state index is -0.392. The predicted molar refractivity (Wildman–Crippen MR) is 146 cm³/mol. The lowest BCUT2D eigenvalue weighted by atomic mass is 9.75. The van der Waals surface area contributed by atoms with Crippen molar-refractivity contribution >= 4 is 17.4 Å². The Morgan fingerprint density at radius 1 is 0.946 bits per heavy atom. The number of ether oxygens (including phenoxy) is 1. The maximum atomic E-state index is 14.5. The highest BCUT2D eigenvalue weighted by atomic mass is 35.5. The van der Waals surface area contributed by atoms with Gasteiger partial charge in [0.2, 0.25) is 5.95 Å². The third kappa shape index (κ3) is 7.21. The van der Waals surface area contributed by atoms with Crippen LogP contribution in [-0.4, -0.2) is 40.4 Å². The first-order valence-corrected chi connectivity index (χ1v) is 14.8. The molecule has 3 fully saturated rings. The summed E-state index contributed by atoms with van der Waals surface area (Å²) < 4.78 is 20.0. The van der Waals surface area contributed by atoms with Gasteiger partial charge in [0.1, 0.15) is 5.82 Å². The summed E-state index contributed by atoms with van der Waals surface area (Å²) in [6, 6.07) is 4.26. The van der Waals surface area contributed by atoms with E-state index in [2.05, 4.69) is 15.3 Å². The summed E-state index contributed by atoms with van der Waals surface area (Å²) in [4.78, 5) is 8.59. The monoisotopic (exact) mass is 529 g/mol. The zero-order chi connectivity index (χ0) is 25.6. The molecule has 1 saturated heterocycles. The van der Waals surface area contributed by atoms with Crippen LogP contribution in [0.3, 0.4) is 0 Å². The molecule has 0 aromatic carbocycles. The molecule has 5 rings (SSSR count). The SMILES string of the molecule is O[C@H]1CCCC[C@@H]1CC1CCC(Nc2cc(-c3cnc(F)c(CCC4CCOCC4)c3)c(Cl)cn2)CC1. The molecule has 2 N–H and O–H groups in total. The molecule has 0 bridgehead atoms. The van der Waals surface area contributed by atoms with E-state index in [4.69, 9.17) is 16.3 Å². The minimum absolute atomic E-state index is 0.0930. The molecule has 3 heterocycles. The van der Waals surface area contributed by atoms with E-state index in [0.717, 1.165) is 74.6 Å². The van der Waals surface area contributed by atoms with Crippen molar-refractivity contribution in [2.45, 2.75) is 95.6 Å². The van der Waals surface area contributed by atoms with Gasteiger partial charge >= 0.3 is 0 Å². The molecular formula is C30H41ClFN3O2. The number of aryl methyl sites for hydroxylation is 1. The Morgan fingerprint density at radius 2 is 1.73 bits per heavy atom. The highest BCUT2D eigenvalue weighted by Gasteiger charge is 2.29. The molecule has 2 aliphatic carbocycles. The van der Waals surface area contributed by atoms with E-state index < -0.39 is 5.95 Å². The van der Waals surface area contributed by atoms with Crippen LogP contribution >= 0.6 is 11.6 Å². The third-order valence-electron chi connectivity index (χ3n) is 8.94. The molecule has 7 heteroatoms. The zero-order valence-corrected chi connectivity index (χ0v) is 22.6. The number of hydrogen-bond donors (Lipinski definition) is 2. The van der Waals surface area contributed by atoms with Gasteiger partial charge in [-0.2, -0.15) is 4.39 Å². The van der Waals surface area contributed by atoms with E-state index in [1.807, 2.05) is 12.1 Å². The molecule has 0 amide bonds. The Labute approximate surface area is 225 Å². The molecule has 37 heavy (non-hydrogen) atoms. The predicted octanol–water partition coefficient (Wildman–Crippen LogP) is 7.21. The number of rotatable bonds is 8. The maximum Gasteiger partial charge on any atom is 0.216 e. The summed E-state index contributed by atoms with van der Waals surface area (Å²) in [5.41, 5.74) is 2.31. The van der Waals surface area contributed by atoms with Gasteiger partial charge in [-0.15, -0.1) is 0 Å². The van der Waals surface area contributed by atoms with Crippen molar-refractivity contribution in [2.75, 3.05) is 18.5 Å². The lowest BCUT2D eigenvalue weighted by Gasteiger charge is -2.34. The number of anilines is 1. The van der Waals surface area contributed by atoms with Gasteiger partial charge in [-0.05, 0) is 101 Å². The molecule has 2 aromatic rings. The van der Waals surface area contributed by atoms with Crippen molar-refractivity contribution in [3.05, 3.63) is 41.1 Å². The highest BCUT2D eigenvalue weighted by molar-refractivity contribution is 6.33. The van der Waals surface area contributed by atoms with Crippen molar-refractivity contribution in [1.29, 1.82) is 0 Å². The lowest BCUT2D eigenvalue weighted by Crippen LogP contribution is -2.30. The molecule has 2 saturated carbocycles. The Kier molecular flexibility index (Phi) is 9.33. The van der Waals surface area contributed by atoms with E-state index >= 15 is 0 Å². The third-order valence-corrected chi connectivity index (χ3v) is 9.25. The van der Waals surface area contributed by atoms with E-state index in [-0.39, 0.29) is 6.10 Å². The zero-order valence-electron chi connectivity index (χ0n) is 21.8. The molecule has 202 valence electrons. The van der Waals surface area contributed by atoms with Crippen molar-refractivity contribution in [3.8, 4) is 11.1 Å². The van der Waals surface area contributed by atoms with Crippen LogP contribution in [0.4, 0.5) is 10.2 Å². The molecular weight excluding hydrogens is 489 g/mol. The average Bonchev–Trinajstić information content (AvgIpc) is 2.92. The summed E-state index contributed by atoms with van der Waals surface area (Å²) in [6.45, 7) is 1.61. The first-order valence-electron chi connectivity index (χ1n) is 14.4. The van der Waals surface area contributed by atoms with Gasteiger partial charge < -0.3 is 15.2 Å². The Morgan fingerprint density at radius 3 is 2.51 bits per heavy atom. The fraction of sp³-hybridized carbons (Fsp3) is 0.667. The molecule has 3 aliphatic rings. The van der Waals surface area contributed by atoms with Crippen molar-refractivity contribution < 1.29 is 14.2 Å². The average molecular weight is 530 g/mol. The largest absolute Gasteiger partial charge is 0.393 e. The fourth-order valence-electron chi connectivity index (χ4n) is 6.59. The lowest BCUT2D eigenvalue weighted by molar-refractivity contribution is 0.0518. The van der Waals surface area contributed by atoms with Gasteiger partial charge in [-0.3, -0.25) is 0 Å². The molecule has 0 radical (unpaired) electrons. The Hall–Kier alpha value is -1.76. The Bertz CT molecular complexity index is 1020. The second-order valence-corrected chi connectivity index (χ2v) is 11.9. The second kappa shape index (κ2) is 12.9. The molecule has 1 aliphatic heterocycles. The van der Waals surface area contributed by atoms with Crippen LogP contribution in [0.25, 0.3) is 11.1 Å². The Balaban J connectivity index is 1.18. The van der Waals surface area contributed by atoms with Gasteiger partial charge in [0, 0.05) is 48.3 Å². The summed E-state index contributed by atoms with van der Waals surface area (Å²) in [5.74, 6) is 2.21. The number of aliphatic hydroxyl groups is 1. The normalized spacial score (nSPS) is 27.2. The number of pyridine rings is 2. The van der Waals surface area contributed by atoms with Crippen LogP contribution in [0.15, 0.2) is 24.5 Å². The quantitative estimate of drug-likeness (QED) is 0.354. The summed E-state index contributed by atoms with van der Waals surface area (Å²) in [5, 5.41) is 14.5. The summed E-state index contributed by atoms with van der Waals surface area (Å²) >= 11 is 6.54. The maximum absolute atomic E-state index is 14.5. The van der Waals surface area contributed by atoms with Crippen molar-refractivity contribution in [1.82, 2.24) is 9.97 Å². The van der Waals surface area contributed by atoms with Crippen LogP contribution < -0.4 is 5.32 Å². The fourth-order valence-corrected chi connectivity index (χ4v) is 6.81. The van der Waals surface area contributed by atoms with Gasteiger partial charge in [0.05, 0.1) is 11.1 Å². The minimum Gasteiger partial charge on any atom is -0.393 e. The number of hydrogen-bond acceptors (Lipinski definition) is 5.